The summed E-state index contributed by atoms with van der Waals surface area (Å²) in [5, 5.41) is 12.6. The molecule has 1 heterocycles. The van der Waals surface area contributed by atoms with Gasteiger partial charge in [0.1, 0.15) is 5.66 Å². The number of benzene rings is 2. The number of anilines is 2. The average Bonchev–Trinajstić information content (AvgIpc) is 2.45. The molecule has 0 unspecified atom stereocenters. The van der Waals surface area contributed by atoms with Gasteiger partial charge in [0.05, 0.1) is 11.3 Å². The lowest BCUT2D eigenvalue weighted by Gasteiger charge is -2.48. The molecular weight excluding hydrogens is 323 g/mol. The first-order valence-electron chi connectivity index (χ1n) is 6.71. The molecule has 2 aromatic carbocycles. The van der Waals surface area contributed by atoms with E-state index >= 15 is 0 Å². The molecule has 1 amide bonds. The molecule has 0 spiro atoms. The fourth-order valence-electron chi connectivity index (χ4n) is 2.67. The van der Waals surface area contributed by atoms with Crippen molar-refractivity contribution in [1.82, 2.24) is 0 Å². The highest BCUT2D eigenvalue weighted by Gasteiger charge is 2.44. The fraction of sp³-hybridized carbons (Fsp3) is 0.188. The number of nitrogens with zero attached hydrogens (tertiary/aromatic N) is 2. The van der Waals surface area contributed by atoms with Crippen LogP contribution in [-0.2, 0) is 0 Å². The molecule has 2 aromatic rings. The Kier molecular flexibility index (Phi) is 3.56. The fourth-order valence-corrected chi connectivity index (χ4v) is 3.02. The summed E-state index contributed by atoms with van der Waals surface area (Å²) in [6.07, 6.45) is 0. The number of rotatable bonds is 1. The van der Waals surface area contributed by atoms with Crippen LogP contribution >= 0.6 is 23.2 Å². The van der Waals surface area contributed by atoms with E-state index in [1.807, 2.05) is 0 Å². The highest BCUT2D eigenvalue weighted by Crippen LogP contribution is 2.40. The Bertz CT molecular complexity index is 762. The van der Waals surface area contributed by atoms with E-state index < -0.39 is 5.66 Å². The van der Waals surface area contributed by atoms with Crippen LogP contribution in [0.1, 0.15) is 24.2 Å². The molecule has 0 radical (unpaired) electrons. The lowest BCUT2D eigenvalue weighted by molar-refractivity contribution is 0.0873. The summed E-state index contributed by atoms with van der Waals surface area (Å²) in [7, 11) is 0. The highest BCUT2D eigenvalue weighted by atomic mass is 35.5. The highest BCUT2D eigenvalue weighted by molar-refractivity contribution is 6.31. The van der Waals surface area contributed by atoms with E-state index in [1.165, 1.54) is 4.90 Å². The second kappa shape index (κ2) is 5.16. The van der Waals surface area contributed by atoms with Crippen molar-refractivity contribution < 1.29 is 10.0 Å². The molecule has 0 bridgehead atoms. The summed E-state index contributed by atoms with van der Waals surface area (Å²) < 4.78 is 0. The third-order valence-electron chi connectivity index (χ3n) is 3.75. The summed E-state index contributed by atoms with van der Waals surface area (Å²) in [6, 6.07) is 11.8. The summed E-state index contributed by atoms with van der Waals surface area (Å²) >= 11 is 12.0. The Balaban J connectivity index is 2.20. The van der Waals surface area contributed by atoms with Crippen LogP contribution in [0.4, 0.5) is 11.4 Å². The topological polar surface area (TPSA) is 43.8 Å². The zero-order valence-corrected chi connectivity index (χ0v) is 13.6. The molecule has 0 saturated heterocycles. The van der Waals surface area contributed by atoms with Crippen molar-refractivity contribution in [3.05, 3.63) is 58.1 Å². The van der Waals surface area contributed by atoms with Gasteiger partial charge in [0.15, 0.2) is 0 Å². The van der Waals surface area contributed by atoms with Crippen molar-refractivity contribution in [3.8, 4) is 0 Å². The van der Waals surface area contributed by atoms with Gasteiger partial charge in [-0.25, -0.2) is 5.06 Å². The summed E-state index contributed by atoms with van der Waals surface area (Å²) in [6.45, 7) is 3.49. The molecule has 114 valence electrons. The smallest absolute Gasteiger partial charge is 0.262 e. The third kappa shape index (κ3) is 2.24. The Labute approximate surface area is 138 Å². The van der Waals surface area contributed by atoms with E-state index in [4.69, 9.17) is 23.2 Å². The number of hydrogen-bond acceptors (Lipinski definition) is 3. The van der Waals surface area contributed by atoms with Gasteiger partial charge in [0.25, 0.3) is 5.91 Å². The monoisotopic (exact) mass is 336 g/mol. The molecule has 0 atom stereocenters. The predicted molar refractivity (Wildman–Crippen MR) is 88.1 cm³/mol. The van der Waals surface area contributed by atoms with Gasteiger partial charge in [0, 0.05) is 15.7 Å². The number of hydrogen-bond donors (Lipinski definition) is 1. The first kappa shape index (κ1) is 15.2. The van der Waals surface area contributed by atoms with Gasteiger partial charge in [-0.05, 0) is 50.2 Å². The maximum Gasteiger partial charge on any atom is 0.262 e. The Morgan fingerprint density at radius 3 is 2.41 bits per heavy atom. The van der Waals surface area contributed by atoms with Gasteiger partial charge in [0.2, 0.25) is 0 Å². The van der Waals surface area contributed by atoms with E-state index in [-0.39, 0.29) is 5.91 Å². The van der Waals surface area contributed by atoms with Crippen LogP contribution in [-0.4, -0.2) is 16.8 Å². The molecule has 4 nitrogen and oxygen atoms in total. The summed E-state index contributed by atoms with van der Waals surface area (Å²) in [4.78, 5) is 14.4. The normalized spacial score (nSPS) is 16.7. The molecule has 1 aliphatic rings. The minimum absolute atomic E-state index is 0.218. The zero-order chi connectivity index (χ0) is 16.1. The molecule has 1 N–H and O–H groups in total. The molecule has 1 aliphatic heterocycles. The number of fused-ring (bicyclic) bond motifs is 1. The van der Waals surface area contributed by atoms with Crippen LogP contribution in [0.5, 0.6) is 0 Å². The maximum atomic E-state index is 12.9. The molecule has 0 saturated carbocycles. The SMILES string of the molecule is CC1(C)N(O)c2cc(Cl)ccc2C(=O)N1c1cccc(Cl)c1. The average molecular weight is 337 g/mol. The number of carbonyl (C=O) groups excluding carboxylic acids is 1. The minimum Gasteiger partial charge on any atom is -0.286 e. The number of carbonyl (C=O) groups is 1. The Morgan fingerprint density at radius 2 is 1.73 bits per heavy atom. The number of hydroxylamine groups is 1. The van der Waals surface area contributed by atoms with Crippen molar-refractivity contribution in [2.75, 3.05) is 9.96 Å². The van der Waals surface area contributed by atoms with E-state index in [9.17, 15) is 10.0 Å². The number of halogens is 2. The van der Waals surface area contributed by atoms with Crippen molar-refractivity contribution >= 4 is 40.5 Å². The molecule has 6 heteroatoms. The first-order valence-corrected chi connectivity index (χ1v) is 7.47. The van der Waals surface area contributed by atoms with E-state index in [0.29, 0.717) is 27.0 Å². The second-order valence-electron chi connectivity index (χ2n) is 5.59. The van der Waals surface area contributed by atoms with Crippen molar-refractivity contribution in [3.63, 3.8) is 0 Å². The van der Waals surface area contributed by atoms with Crippen LogP contribution in [0.2, 0.25) is 10.0 Å². The largest absolute Gasteiger partial charge is 0.286 e. The van der Waals surface area contributed by atoms with Crippen LogP contribution in [0.3, 0.4) is 0 Å². The maximum absolute atomic E-state index is 12.9. The molecule has 3 rings (SSSR count). The van der Waals surface area contributed by atoms with E-state index in [2.05, 4.69) is 0 Å². The summed E-state index contributed by atoms with van der Waals surface area (Å²) in [5.74, 6) is -0.218. The zero-order valence-electron chi connectivity index (χ0n) is 12.0. The lowest BCUT2D eigenvalue weighted by atomic mass is 10.0. The van der Waals surface area contributed by atoms with Gasteiger partial charge in [-0.3, -0.25) is 14.9 Å². The molecule has 0 fully saturated rings. The van der Waals surface area contributed by atoms with Crippen molar-refractivity contribution in [2.24, 2.45) is 0 Å². The van der Waals surface area contributed by atoms with Gasteiger partial charge in [-0.1, -0.05) is 29.3 Å². The van der Waals surface area contributed by atoms with Crippen LogP contribution in [0.15, 0.2) is 42.5 Å². The van der Waals surface area contributed by atoms with Crippen LogP contribution in [0, 0.1) is 0 Å². The lowest BCUT2D eigenvalue weighted by Crippen LogP contribution is -2.62. The van der Waals surface area contributed by atoms with E-state index in [0.717, 1.165) is 5.06 Å². The molecule has 0 aromatic heterocycles. The molecule has 22 heavy (non-hydrogen) atoms. The van der Waals surface area contributed by atoms with E-state index in [1.54, 1.807) is 56.3 Å². The molecular formula is C16H14Cl2N2O2. The van der Waals surface area contributed by atoms with Crippen molar-refractivity contribution in [1.29, 1.82) is 0 Å². The Morgan fingerprint density at radius 1 is 1.05 bits per heavy atom. The predicted octanol–water partition coefficient (Wildman–Crippen LogP) is 4.59. The third-order valence-corrected chi connectivity index (χ3v) is 4.22. The first-order chi connectivity index (χ1) is 10.3. The van der Waals surface area contributed by atoms with Gasteiger partial charge in [-0.15, -0.1) is 0 Å². The summed E-state index contributed by atoms with van der Waals surface area (Å²) in [5.41, 5.74) is 0.397. The molecule has 0 aliphatic carbocycles. The quantitative estimate of drug-likeness (QED) is 0.828. The van der Waals surface area contributed by atoms with Gasteiger partial charge in [-0.2, -0.15) is 0 Å². The van der Waals surface area contributed by atoms with Gasteiger partial charge < -0.3 is 0 Å². The standard InChI is InChI=1S/C16H14Cl2N2O2/c1-16(2)19(12-5-3-4-10(17)8-12)15(21)13-7-6-11(18)9-14(13)20(16)22/h3-9,22H,1-2H3. The van der Waals surface area contributed by atoms with Crippen molar-refractivity contribution in [2.45, 2.75) is 19.5 Å². The Hall–Kier alpha value is -1.75. The second-order valence-corrected chi connectivity index (χ2v) is 6.46. The van der Waals surface area contributed by atoms with Crippen LogP contribution < -0.4 is 9.96 Å². The van der Waals surface area contributed by atoms with Crippen LogP contribution in [0.25, 0.3) is 0 Å². The van der Waals surface area contributed by atoms with Gasteiger partial charge >= 0.3 is 0 Å². The number of amides is 1. The minimum atomic E-state index is -0.987.